The molecule has 0 aliphatic carbocycles. The van der Waals surface area contributed by atoms with Crippen molar-refractivity contribution in [3.05, 3.63) is 24.0 Å². The number of nitrogens with one attached hydrogen (secondary N) is 1. The second kappa shape index (κ2) is 4.35. The molecule has 0 aromatic carbocycles. The third-order valence-corrected chi connectivity index (χ3v) is 2.71. The summed E-state index contributed by atoms with van der Waals surface area (Å²) >= 11 is 1.38. The van der Waals surface area contributed by atoms with Crippen molar-refractivity contribution in [1.82, 2.24) is 14.3 Å². The Hall–Kier alpha value is -1.49. The van der Waals surface area contributed by atoms with Gasteiger partial charge in [-0.15, -0.1) is 0 Å². The summed E-state index contributed by atoms with van der Waals surface area (Å²) in [6.07, 6.45) is 3.57. The van der Waals surface area contributed by atoms with Gasteiger partial charge >= 0.3 is 0 Å². The van der Waals surface area contributed by atoms with E-state index in [2.05, 4.69) is 19.7 Å². The first-order valence-electron chi connectivity index (χ1n) is 4.80. The van der Waals surface area contributed by atoms with Gasteiger partial charge in [0.25, 0.3) is 0 Å². The quantitative estimate of drug-likeness (QED) is 0.862. The van der Waals surface area contributed by atoms with E-state index in [1.165, 1.54) is 11.5 Å². The van der Waals surface area contributed by atoms with Crippen molar-refractivity contribution < 1.29 is 0 Å². The first-order chi connectivity index (χ1) is 7.31. The van der Waals surface area contributed by atoms with E-state index in [9.17, 15) is 0 Å². The first-order valence-corrected chi connectivity index (χ1v) is 5.57. The van der Waals surface area contributed by atoms with E-state index in [4.69, 9.17) is 0 Å². The van der Waals surface area contributed by atoms with E-state index in [-0.39, 0.29) is 0 Å². The van der Waals surface area contributed by atoms with Crippen molar-refractivity contribution in [3.8, 4) is 11.4 Å². The lowest BCUT2D eigenvalue weighted by atomic mass is 10.1. The zero-order valence-electron chi connectivity index (χ0n) is 8.69. The van der Waals surface area contributed by atoms with Gasteiger partial charge in [0.05, 0.1) is 0 Å². The molecule has 2 rings (SSSR count). The lowest BCUT2D eigenvalue weighted by Gasteiger charge is -1.98. The highest BCUT2D eigenvalue weighted by Gasteiger charge is 2.07. The fourth-order valence-corrected chi connectivity index (χ4v) is 1.90. The standard InChI is InChI=1S/C10H12N4S/c1-3-12-10-13-9(14-15-10)8-6-11-5-4-7(8)2/h4-6H,3H2,1-2H3,(H,12,13,14). The van der Waals surface area contributed by atoms with Gasteiger partial charge in [0.2, 0.25) is 5.13 Å². The Balaban J connectivity index is 2.33. The van der Waals surface area contributed by atoms with Crippen molar-refractivity contribution in [3.63, 3.8) is 0 Å². The van der Waals surface area contributed by atoms with Crippen molar-refractivity contribution >= 4 is 16.7 Å². The smallest absolute Gasteiger partial charge is 0.202 e. The summed E-state index contributed by atoms with van der Waals surface area (Å²) in [5.74, 6) is 0.751. The van der Waals surface area contributed by atoms with Gasteiger partial charge in [-0.25, -0.2) is 0 Å². The van der Waals surface area contributed by atoms with Crippen molar-refractivity contribution in [2.24, 2.45) is 0 Å². The number of hydrogen-bond acceptors (Lipinski definition) is 5. The maximum Gasteiger partial charge on any atom is 0.202 e. The van der Waals surface area contributed by atoms with Crippen LogP contribution >= 0.6 is 11.5 Å². The summed E-state index contributed by atoms with van der Waals surface area (Å²) in [4.78, 5) is 8.47. The number of nitrogens with zero attached hydrogens (tertiary/aromatic N) is 3. The molecule has 0 spiro atoms. The Bertz CT molecular complexity index is 452. The average molecular weight is 220 g/mol. The largest absolute Gasteiger partial charge is 0.361 e. The van der Waals surface area contributed by atoms with Crippen molar-refractivity contribution in [1.29, 1.82) is 0 Å². The minimum absolute atomic E-state index is 0.751. The summed E-state index contributed by atoms with van der Waals surface area (Å²) in [5, 5.41) is 4.00. The molecule has 0 saturated heterocycles. The van der Waals surface area contributed by atoms with Gasteiger partial charge < -0.3 is 5.32 Å². The van der Waals surface area contributed by atoms with E-state index in [0.717, 1.165) is 28.6 Å². The van der Waals surface area contributed by atoms with Crippen LogP contribution in [0.1, 0.15) is 12.5 Å². The average Bonchev–Trinajstić information content (AvgIpc) is 2.68. The topological polar surface area (TPSA) is 50.7 Å². The van der Waals surface area contributed by atoms with E-state index in [1.54, 1.807) is 12.4 Å². The van der Waals surface area contributed by atoms with Gasteiger partial charge in [-0.05, 0) is 25.5 Å². The minimum atomic E-state index is 0.751. The van der Waals surface area contributed by atoms with Gasteiger partial charge in [0.1, 0.15) is 0 Å². The van der Waals surface area contributed by atoms with Crippen molar-refractivity contribution in [2.75, 3.05) is 11.9 Å². The normalized spacial score (nSPS) is 10.3. The molecule has 0 unspecified atom stereocenters. The highest BCUT2D eigenvalue weighted by molar-refractivity contribution is 7.09. The molecule has 0 aliphatic rings. The van der Waals surface area contributed by atoms with Crippen LogP contribution in [0.15, 0.2) is 18.5 Å². The van der Waals surface area contributed by atoms with Crippen LogP contribution in [0.25, 0.3) is 11.4 Å². The van der Waals surface area contributed by atoms with Gasteiger partial charge in [-0.2, -0.15) is 9.36 Å². The highest BCUT2D eigenvalue weighted by atomic mass is 32.1. The zero-order chi connectivity index (χ0) is 10.7. The van der Waals surface area contributed by atoms with Crippen LogP contribution < -0.4 is 5.32 Å². The second-order valence-corrected chi connectivity index (χ2v) is 3.90. The van der Waals surface area contributed by atoms with Crippen LogP contribution in [0, 0.1) is 6.92 Å². The van der Waals surface area contributed by atoms with E-state index < -0.39 is 0 Å². The molecule has 0 saturated carbocycles. The molecule has 78 valence electrons. The lowest BCUT2D eigenvalue weighted by Crippen LogP contribution is -1.95. The molecule has 0 amide bonds. The summed E-state index contributed by atoms with van der Waals surface area (Å²) in [5.41, 5.74) is 2.14. The van der Waals surface area contributed by atoms with Crippen LogP contribution in [0.5, 0.6) is 0 Å². The number of aryl methyl sites for hydroxylation is 1. The van der Waals surface area contributed by atoms with Gasteiger partial charge in [0.15, 0.2) is 5.82 Å². The van der Waals surface area contributed by atoms with E-state index in [1.807, 2.05) is 19.9 Å². The maximum absolute atomic E-state index is 4.39. The van der Waals surface area contributed by atoms with E-state index >= 15 is 0 Å². The Morgan fingerprint density at radius 1 is 1.47 bits per heavy atom. The summed E-state index contributed by atoms with van der Waals surface area (Å²) in [6, 6.07) is 1.96. The maximum atomic E-state index is 4.39. The highest BCUT2D eigenvalue weighted by Crippen LogP contribution is 2.22. The zero-order valence-corrected chi connectivity index (χ0v) is 9.51. The lowest BCUT2D eigenvalue weighted by molar-refractivity contribution is 1.18. The summed E-state index contributed by atoms with van der Waals surface area (Å²) < 4.78 is 4.29. The predicted molar refractivity (Wildman–Crippen MR) is 62.0 cm³/mol. The molecule has 5 heteroatoms. The monoisotopic (exact) mass is 220 g/mol. The molecule has 0 atom stereocenters. The number of hydrogen-bond donors (Lipinski definition) is 1. The van der Waals surface area contributed by atoms with Crippen LogP contribution in [-0.4, -0.2) is 20.9 Å². The number of anilines is 1. The van der Waals surface area contributed by atoms with Crippen molar-refractivity contribution in [2.45, 2.75) is 13.8 Å². The Morgan fingerprint density at radius 2 is 2.33 bits per heavy atom. The SMILES string of the molecule is CCNc1nc(-c2cnccc2C)ns1. The van der Waals surface area contributed by atoms with Crippen LogP contribution in [-0.2, 0) is 0 Å². The molecule has 2 aromatic heterocycles. The number of rotatable bonds is 3. The van der Waals surface area contributed by atoms with Crippen LogP contribution in [0.4, 0.5) is 5.13 Å². The molecular formula is C10H12N4S. The van der Waals surface area contributed by atoms with Crippen LogP contribution in [0.2, 0.25) is 0 Å². The van der Waals surface area contributed by atoms with E-state index in [0.29, 0.717) is 0 Å². The third kappa shape index (κ3) is 2.12. The third-order valence-electron chi connectivity index (χ3n) is 2.03. The number of aromatic nitrogens is 3. The predicted octanol–water partition coefficient (Wildman–Crippen LogP) is 2.34. The molecule has 0 radical (unpaired) electrons. The van der Waals surface area contributed by atoms with Gasteiger partial charge in [0, 0.05) is 36.0 Å². The number of pyridine rings is 1. The molecule has 0 aliphatic heterocycles. The summed E-state index contributed by atoms with van der Waals surface area (Å²) in [6.45, 7) is 4.93. The summed E-state index contributed by atoms with van der Waals surface area (Å²) in [7, 11) is 0. The Morgan fingerprint density at radius 3 is 3.07 bits per heavy atom. The molecule has 15 heavy (non-hydrogen) atoms. The van der Waals surface area contributed by atoms with Gasteiger partial charge in [-0.3, -0.25) is 4.98 Å². The molecule has 4 nitrogen and oxygen atoms in total. The molecule has 2 aromatic rings. The Labute approximate surface area is 92.6 Å². The van der Waals surface area contributed by atoms with Gasteiger partial charge in [-0.1, -0.05) is 0 Å². The molecule has 2 heterocycles. The molecule has 0 fully saturated rings. The molecule has 1 N–H and O–H groups in total. The minimum Gasteiger partial charge on any atom is -0.361 e. The molecular weight excluding hydrogens is 208 g/mol. The second-order valence-electron chi connectivity index (χ2n) is 3.14. The Kier molecular flexibility index (Phi) is 2.91. The molecule has 0 bridgehead atoms. The fourth-order valence-electron chi connectivity index (χ4n) is 1.25. The van der Waals surface area contributed by atoms with Crippen LogP contribution in [0.3, 0.4) is 0 Å². The fraction of sp³-hybridized carbons (Fsp3) is 0.300. The first kappa shape index (κ1) is 10.0.